The molecule has 28 heavy (non-hydrogen) atoms. The number of anilines is 1. The van der Waals surface area contributed by atoms with Crippen molar-refractivity contribution in [2.24, 2.45) is 23.7 Å². The summed E-state index contributed by atoms with van der Waals surface area (Å²) in [5.74, 6) is -2.34. The van der Waals surface area contributed by atoms with E-state index in [1.54, 1.807) is 0 Å². The number of allylic oxidation sites excluding steroid dienone is 2. The van der Waals surface area contributed by atoms with E-state index in [4.69, 9.17) is 4.74 Å². The van der Waals surface area contributed by atoms with Crippen LogP contribution in [0.25, 0.3) is 0 Å². The van der Waals surface area contributed by atoms with Crippen LogP contribution < -0.4 is 5.32 Å². The summed E-state index contributed by atoms with van der Waals surface area (Å²) >= 11 is 0. The van der Waals surface area contributed by atoms with Crippen LogP contribution in [0.2, 0.25) is 0 Å². The summed E-state index contributed by atoms with van der Waals surface area (Å²) < 4.78 is 4.99. The Morgan fingerprint density at radius 2 is 1.64 bits per heavy atom. The van der Waals surface area contributed by atoms with Crippen molar-refractivity contribution in [3.8, 4) is 0 Å². The number of carbonyl (C=O) groups excluding carboxylic acids is 4. The first-order valence-electron chi connectivity index (χ1n) is 9.42. The molecular formula is C21H22N2O5. The minimum Gasteiger partial charge on any atom is -0.454 e. The molecule has 1 aromatic rings. The van der Waals surface area contributed by atoms with E-state index in [-0.39, 0.29) is 35.5 Å². The minimum atomic E-state index is -0.765. The van der Waals surface area contributed by atoms with Gasteiger partial charge < -0.3 is 10.1 Å². The Morgan fingerprint density at radius 3 is 2.21 bits per heavy atom. The van der Waals surface area contributed by atoms with E-state index in [9.17, 15) is 19.2 Å². The molecule has 3 amide bonds. The maximum Gasteiger partial charge on any atom is 0.326 e. The van der Waals surface area contributed by atoms with Gasteiger partial charge in [0.05, 0.1) is 11.8 Å². The Bertz CT molecular complexity index is 856. The molecule has 146 valence electrons. The molecule has 3 aliphatic rings. The molecule has 0 aromatic heterocycles. The molecule has 4 atom stereocenters. The second-order valence-electron chi connectivity index (χ2n) is 7.74. The fourth-order valence-electron chi connectivity index (χ4n) is 4.63. The number of benzene rings is 1. The van der Waals surface area contributed by atoms with Gasteiger partial charge in [-0.15, -0.1) is 0 Å². The summed E-state index contributed by atoms with van der Waals surface area (Å²) in [4.78, 5) is 50.3. The number of esters is 1. The lowest BCUT2D eigenvalue weighted by molar-refractivity contribution is -0.154. The maximum absolute atomic E-state index is 12.6. The number of ether oxygens (including phenoxy) is 1. The Labute approximate surface area is 162 Å². The molecule has 2 fully saturated rings. The van der Waals surface area contributed by atoms with Crippen LogP contribution in [0.15, 0.2) is 30.4 Å². The van der Waals surface area contributed by atoms with Crippen molar-refractivity contribution in [1.29, 1.82) is 0 Å². The van der Waals surface area contributed by atoms with Crippen LogP contribution in [-0.2, 0) is 23.9 Å². The van der Waals surface area contributed by atoms with Crippen molar-refractivity contribution in [3.05, 3.63) is 41.5 Å². The van der Waals surface area contributed by atoms with E-state index in [1.807, 2.05) is 44.2 Å². The third-order valence-electron chi connectivity index (χ3n) is 5.96. The number of hydrogen-bond acceptors (Lipinski definition) is 5. The number of aryl methyl sites for hydroxylation is 2. The number of carbonyl (C=O) groups is 4. The van der Waals surface area contributed by atoms with Crippen molar-refractivity contribution < 1.29 is 23.9 Å². The maximum atomic E-state index is 12.6. The van der Waals surface area contributed by atoms with Gasteiger partial charge in [-0.1, -0.05) is 30.4 Å². The lowest BCUT2D eigenvalue weighted by Crippen LogP contribution is -2.38. The molecule has 7 heteroatoms. The number of amides is 3. The summed E-state index contributed by atoms with van der Waals surface area (Å²) in [5, 5.41) is 2.73. The summed E-state index contributed by atoms with van der Waals surface area (Å²) in [6.45, 7) is 2.83. The highest BCUT2D eigenvalue weighted by Gasteiger charge is 2.59. The van der Waals surface area contributed by atoms with E-state index in [0.717, 1.165) is 22.4 Å². The SMILES string of the molecule is Cc1cccc(C)c1NC(=O)COC(=O)CN1C(=O)[C@H]2[C@H](C1=O)[C@H]1C=C[C@H]2C1. The van der Waals surface area contributed by atoms with E-state index in [1.165, 1.54) is 0 Å². The molecule has 1 heterocycles. The Kier molecular flexibility index (Phi) is 4.53. The summed E-state index contributed by atoms with van der Waals surface area (Å²) in [7, 11) is 0. The summed E-state index contributed by atoms with van der Waals surface area (Å²) in [5.41, 5.74) is 2.50. The molecular weight excluding hydrogens is 360 g/mol. The molecule has 1 aromatic carbocycles. The largest absolute Gasteiger partial charge is 0.454 e. The van der Waals surface area contributed by atoms with Gasteiger partial charge in [0.1, 0.15) is 6.54 Å². The molecule has 0 spiro atoms. The second kappa shape index (κ2) is 6.89. The van der Waals surface area contributed by atoms with E-state index >= 15 is 0 Å². The molecule has 0 radical (unpaired) electrons. The van der Waals surface area contributed by atoms with Gasteiger partial charge >= 0.3 is 5.97 Å². The standard InChI is InChI=1S/C21H22N2O5/c1-11-4-3-5-12(2)19(11)22-15(24)10-28-16(25)9-23-20(26)17-13-6-7-14(8-13)18(17)21(23)27/h3-7,13-14,17-18H,8-10H2,1-2H3,(H,22,24)/t13-,14-,17+,18+/m0/s1. The van der Waals surface area contributed by atoms with Crippen LogP contribution in [-0.4, -0.2) is 41.7 Å². The zero-order valence-electron chi connectivity index (χ0n) is 15.8. The van der Waals surface area contributed by atoms with Gasteiger partial charge in [-0.25, -0.2) is 0 Å². The zero-order valence-corrected chi connectivity index (χ0v) is 15.8. The number of rotatable bonds is 5. The average Bonchev–Trinajstić information content (AvgIpc) is 3.33. The van der Waals surface area contributed by atoms with Crippen molar-refractivity contribution >= 4 is 29.4 Å². The molecule has 0 unspecified atom stereocenters. The highest BCUT2D eigenvalue weighted by molar-refractivity contribution is 6.08. The van der Waals surface area contributed by atoms with E-state index in [0.29, 0.717) is 5.69 Å². The molecule has 1 saturated heterocycles. The Morgan fingerprint density at radius 1 is 1.07 bits per heavy atom. The number of likely N-dealkylation sites (tertiary alicyclic amines) is 1. The number of hydrogen-bond donors (Lipinski definition) is 1. The lowest BCUT2D eigenvalue weighted by Gasteiger charge is -2.16. The third-order valence-corrected chi connectivity index (χ3v) is 5.96. The number of nitrogens with one attached hydrogen (secondary N) is 1. The predicted molar refractivity (Wildman–Crippen MR) is 99.9 cm³/mol. The highest BCUT2D eigenvalue weighted by Crippen LogP contribution is 2.52. The number of imide groups is 1. The van der Waals surface area contributed by atoms with Gasteiger partial charge in [0.25, 0.3) is 5.91 Å². The fourth-order valence-corrected chi connectivity index (χ4v) is 4.63. The lowest BCUT2D eigenvalue weighted by atomic mass is 9.85. The molecule has 1 aliphatic heterocycles. The monoisotopic (exact) mass is 382 g/mol. The van der Waals surface area contributed by atoms with Gasteiger partial charge in [-0.2, -0.15) is 0 Å². The van der Waals surface area contributed by atoms with E-state index in [2.05, 4.69) is 5.32 Å². The predicted octanol–water partition coefficient (Wildman–Crippen LogP) is 1.59. The van der Waals surface area contributed by atoms with Gasteiger partial charge in [-0.3, -0.25) is 24.1 Å². The van der Waals surface area contributed by atoms with Gasteiger partial charge in [0.2, 0.25) is 11.8 Å². The minimum absolute atomic E-state index is 0.0931. The Balaban J connectivity index is 1.31. The van der Waals surface area contributed by atoms with Gasteiger partial charge in [0.15, 0.2) is 6.61 Å². The fraction of sp³-hybridized carbons (Fsp3) is 0.429. The first-order valence-corrected chi connectivity index (χ1v) is 9.42. The van der Waals surface area contributed by atoms with Crippen molar-refractivity contribution in [1.82, 2.24) is 4.90 Å². The van der Waals surface area contributed by atoms with Crippen molar-refractivity contribution in [2.75, 3.05) is 18.5 Å². The highest BCUT2D eigenvalue weighted by atomic mass is 16.5. The van der Waals surface area contributed by atoms with Gasteiger partial charge in [-0.05, 0) is 43.2 Å². The molecule has 4 rings (SSSR count). The van der Waals surface area contributed by atoms with Crippen LogP contribution in [0.1, 0.15) is 17.5 Å². The number of para-hydroxylation sites is 1. The molecule has 1 saturated carbocycles. The second-order valence-corrected chi connectivity index (χ2v) is 7.74. The van der Waals surface area contributed by atoms with Crippen LogP contribution in [0, 0.1) is 37.5 Å². The van der Waals surface area contributed by atoms with E-state index < -0.39 is 25.0 Å². The summed E-state index contributed by atoms with van der Waals surface area (Å²) in [6.07, 6.45) is 4.83. The van der Waals surface area contributed by atoms with Crippen LogP contribution in [0.3, 0.4) is 0 Å². The van der Waals surface area contributed by atoms with Crippen molar-refractivity contribution in [3.63, 3.8) is 0 Å². The average molecular weight is 382 g/mol. The third kappa shape index (κ3) is 3.00. The van der Waals surface area contributed by atoms with Crippen molar-refractivity contribution in [2.45, 2.75) is 20.3 Å². The quantitative estimate of drug-likeness (QED) is 0.474. The normalized spacial score (nSPS) is 27.3. The molecule has 2 bridgehead atoms. The van der Waals surface area contributed by atoms with Crippen LogP contribution in [0.5, 0.6) is 0 Å². The molecule has 2 aliphatic carbocycles. The smallest absolute Gasteiger partial charge is 0.326 e. The van der Waals surface area contributed by atoms with Crippen LogP contribution >= 0.6 is 0 Å². The first kappa shape index (κ1) is 18.4. The first-order chi connectivity index (χ1) is 13.4. The number of nitrogens with zero attached hydrogens (tertiary/aromatic N) is 1. The summed E-state index contributed by atoms with van der Waals surface area (Å²) in [6, 6.07) is 5.64. The zero-order chi connectivity index (χ0) is 20.0. The number of fused-ring (bicyclic) bond motifs is 5. The Hall–Kier alpha value is -2.96. The molecule has 1 N–H and O–H groups in total. The van der Waals surface area contributed by atoms with Crippen LogP contribution in [0.4, 0.5) is 5.69 Å². The molecule has 7 nitrogen and oxygen atoms in total. The van der Waals surface area contributed by atoms with Gasteiger partial charge in [0, 0.05) is 5.69 Å². The topological polar surface area (TPSA) is 92.8 Å².